The van der Waals surface area contributed by atoms with Gasteiger partial charge in [0.15, 0.2) is 0 Å². The Morgan fingerprint density at radius 3 is 2.10 bits per heavy atom. The first-order valence-electron chi connectivity index (χ1n) is 7.79. The van der Waals surface area contributed by atoms with Crippen LogP contribution in [0.5, 0.6) is 0 Å². The Bertz CT molecular complexity index is 949. The highest BCUT2D eigenvalue weighted by Crippen LogP contribution is 2.37. The Morgan fingerprint density at radius 1 is 1.07 bits per heavy atom. The maximum atomic E-state index is 12.9. The number of thioether (sulfide) groups is 1. The van der Waals surface area contributed by atoms with Crippen LogP contribution in [-0.4, -0.2) is 21.9 Å². The van der Waals surface area contributed by atoms with Crippen molar-refractivity contribution < 1.29 is 31.1 Å². The molecule has 2 aromatic rings. The Labute approximate surface area is 165 Å². The van der Waals surface area contributed by atoms with Crippen LogP contribution in [0.2, 0.25) is 0 Å². The van der Waals surface area contributed by atoms with Gasteiger partial charge in [-0.15, -0.1) is 5.10 Å². The first kappa shape index (κ1) is 22.5. The SMILES string of the molecule is Cc1nnc(SCC(=O)Nc2cc(C(F)(F)F)cc(C(F)(F)F)c2)c(C#N)c1C. The van der Waals surface area contributed by atoms with E-state index in [1.54, 1.807) is 13.8 Å². The number of anilines is 1. The number of benzene rings is 1. The van der Waals surface area contributed by atoms with Crippen LogP contribution in [-0.2, 0) is 17.1 Å². The fourth-order valence-electron chi connectivity index (χ4n) is 2.18. The molecule has 1 N–H and O–H groups in total. The van der Waals surface area contributed by atoms with E-state index in [4.69, 9.17) is 0 Å². The average Bonchev–Trinajstić information content (AvgIpc) is 2.61. The third-order valence-electron chi connectivity index (χ3n) is 3.75. The highest BCUT2D eigenvalue weighted by Gasteiger charge is 2.37. The quantitative estimate of drug-likeness (QED) is 0.556. The fourth-order valence-corrected chi connectivity index (χ4v) is 2.96. The number of carbonyl (C=O) groups is 1. The molecule has 1 heterocycles. The molecular formula is C17H12F6N4OS. The summed E-state index contributed by atoms with van der Waals surface area (Å²) in [4.78, 5) is 12.0. The number of aryl methyl sites for hydroxylation is 1. The zero-order valence-electron chi connectivity index (χ0n) is 14.9. The molecule has 2 rings (SSSR count). The molecular weight excluding hydrogens is 422 g/mol. The number of hydrogen-bond donors (Lipinski definition) is 1. The van der Waals surface area contributed by atoms with Crippen molar-refractivity contribution in [3.05, 3.63) is 46.1 Å². The smallest absolute Gasteiger partial charge is 0.325 e. The molecule has 0 fully saturated rings. The Morgan fingerprint density at radius 2 is 1.62 bits per heavy atom. The molecule has 0 saturated heterocycles. The van der Waals surface area contributed by atoms with Crippen molar-refractivity contribution in [3.63, 3.8) is 0 Å². The van der Waals surface area contributed by atoms with Crippen molar-refractivity contribution in [2.75, 3.05) is 11.1 Å². The normalized spacial score (nSPS) is 11.8. The Hall–Kier alpha value is -2.81. The maximum absolute atomic E-state index is 12.9. The van der Waals surface area contributed by atoms with Gasteiger partial charge in [-0.2, -0.15) is 36.7 Å². The van der Waals surface area contributed by atoms with Crippen LogP contribution in [0.4, 0.5) is 32.0 Å². The zero-order chi connectivity index (χ0) is 22.0. The van der Waals surface area contributed by atoms with Crippen LogP contribution >= 0.6 is 11.8 Å². The predicted octanol–water partition coefficient (Wildman–Crippen LogP) is 4.73. The molecule has 0 aliphatic rings. The van der Waals surface area contributed by atoms with Gasteiger partial charge in [0.1, 0.15) is 11.1 Å². The van der Waals surface area contributed by atoms with Gasteiger partial charge in [-0.05, 0) is 37.6 Å². The van der Waals surface area contributed by atoms with E-state index in [0.717, 1.165) is 11.8 Å². The van der Waals surface area contributed by atoms with E-state index in [1.807, 2.05) is 11.4 Å². The van der Waals surface area contributed by atoms with Crippen LogP contribution < -0.4 is 5.32 Å². The molecule has 5 nitrogen and oxygen atoms in total. The minimum absolute atomic E-state index is 0.0335. The number of rotatable bonds is 4. The van der Waals surface area contributed by atoms with E-state index < -0.39 is 40.8 Å². The van der Waals surface area contributed by atoms with Crippen LogP contribution in [0.15, 0.2) is 23.2 Å². The molecule has 12 heteroatoms. The topological polar surface area (TPSA) is 78.7 Å². The second kappa shape index (κ2) is 8.28. The van der Waals surface area contributed by atoms with Crippen LogP contribution in [0.25, 0.3) is 0 Å². The van der Waals surface area contributed by atoms with Gasteiger partial charge >= 0.3 is 12.4 Å². The second-order valence-electron chi connectivity index (χ2n) is 5.83. The predicted molar refractivity (Wildman–Crippen MR) is 92.0 cm³/mol. The standard InChI is InChI=1S/C17H12F6N4OS/c1-8-9(2)26-27-15(13(8)6-24)29-7-14(28)25-12-4-10(16(18,19)20)3-11(5-12)17(21,22)23/h3-5H,7H2,1-2H3,(H,25,28). The summed E-state index contributed by atoms with van der Waals surface area (Å²) in [6, 6.07) is 2.71. The number of halogens is 6. The molecule has 0 bridgehead atoms. The van der Waals surface area contributed by atoms with Gasteiger partial charge < -0.3 is 5.32 Å². The van der Waals surface area contributed by atoms with Crippen LogP contribution in [0.3, 0.4) is 0 Å². The molecule has 154 valence electrons. The minimum atomic E-state index is -5.02. The van der Waals surface area contributed by atoms with Gasteiger partial charge in [-0.25, -0.2) is 0 Å². The van der Waals surface area contributed by atoms with E-state index in [-0.39, 0.29) is 16.7 Å². The molecule has 0 radical (unpaired) electrons. The number of amides is 1. The van der Waals surface area contributed by atoms with Crippen LogP contribution in [0.1, 0.15) is 27.9 Å². The molecule has 0 atom stereocenters. The molecule has 1 amide bonds. The first-order valence-corrected chi connectivity index (χ1v) is 8.77. The largest absolute Gasteiger partial charge is 0.416 e. The second-order valence-corrected chi connectivity index (χ2v) is 6.80. The molecule has 0 unspecified atom stereocenters. The molecule has 1 aromatic heterocycles. The first-order chi connectivity index (χ1) is 13.3. The summed E-state index contributed by atoms with van der Waals surface area (Å²) in [6.45, 7) is 3.27. The minimum Gasteiger partial charge on any atom is -0.325 e. The van der Waals surface area contributed by atoms with Crippen molar-refractivity contribution >= 4 is 23.4 Å². The summed E-state index contributed by atoms with van der Waals surface area (Å²) in [5.74, 6) is -1.27. The van der Waals surface area contributed by atoms with E-state index in [2.05, 4.69) is 10.2 Å². The molecule has 0 aliphatic heterocycles. The summed E-state index contributed by atoms with van der Waals surface area (Å²) in [5, 5.41) is 19.0. The highest BCUT2D eigenvalue weighted by molar-refractivity contribution is 8.00. The van der Waals surface area contributed by atoms with E-state index in [9.17, 15) is 36.4 Å². The van der Waals surface area contributed by atoms with Crippen LogP contribution in [0, 0.1) is 25.2 Å². The Kier molecular flexibility index (Phi) is 6.42. The zero-order valence-corrected chi connectivity index (χ0v) is 15.7. The maximum Gasteiger partial charge on any atom is 0.416 e. The molecule has 1 aromatic carbocycles. The van der Waals surface area contributed by atoms with Gasteiger partial charge in [0.2, 0.25) is 5.91 Å². The number of nitrogens with zero attached hydrogens (tertiary/aromatic N) is 3. The van der Waals surface area contributed by atoms with E-state index >= 15 is 0 Å². The number of hydrogen-bond acceptors (Lipinski definition) is 5. The summed E-state index contributed by atoms with van der Waals surface area (Å²) < 4.78 is 77.2. The van der Waals surface area contributed by atoms with Gasteiger partial charge in [0.25, 0.3) is 0 Å². The van der Waals surface area contributed by atoms with Crippen molar-refractivity contribution in [1.29, 1.82) is 5.26 Å². The number of carbonyl (C=O) groups excluding carboxylic acids is 1. The molecule has 0 spiro atoms. The lowest BCUT2D eigenvalue weighted by atomic mass is 10.1. The van der Waals surface area contributed by atoms with Crippen molar-refractivity contribution in [3.8, 4) is 6.07 Å². The van der Waals surface area contributed by atoms with Gasteiger partial charge in [-0.1, -0.05) is 11.8 Å². The lowest BCUT2D eigenvalue weighted by Gasteiger charge is -2.14. The number of alkyl halides is 6. The lowest BCUT2D eigenvalue weighted by Crippen LogP contribution is -2.17. The molecule has 29 heavy (non-hydrogen) atoms. The summed E-state index contributed by atoms with van der Waals surface area (Å²) in [6.07, 6.45) is -10.0. The third kappa shape index (κ3) is 5.60. The molecule has 0 aliphatic carbocycles. The number of nitrogens with one attached hydrogen (secondary N) is 1. The van der Waals surface area contributed by atoms with Gasteiger partial charge in [-0.3, -0.25) is 4.79 Å². The number of nitriles is 1. The van der Waals surface area contributed by atoms with Crippen molar-refractivity contribution in [2.24, 2.45) is 0 Å². The summed E-state index contributed by atoms with van der Waals surface area (Å²) in [7, 11) is 0. The van der Waals surface area contributed by atoms with Crippen molar-refractivity contribution in [1.82, 2.24) is 10.2 Å². The summed E-state index contributed by atoms with van der Waals surface area (Å²) in [5.41, 5.74) is -2.47. The average molecular weight is 434 g/mol. The van der Waals surface area contributed by atoms with E-state index in [1.165, 1.54) is 0 Å². The van der Waals surface area contributed by atoms with E-state index in [0.29, 0.717) is 23.4 Å². The third-order valence-corrected chi connectivity index (χ3v) is 4.71. The monoisotopic (exact) mass is 434 g/mol. The van der Waals surface area contributed by atoms with Gasteiger partial charge in [0.05, 0.1) is 28.1 Å². The lowest BCUT2D eigenvalue weighted by molar-refractivity contribution is -0.143. The van der Waals surface area contributed by atoms with Crippen molar-refractivity contribution in [2.45, 2.75) is 31.2 Å². The Balaban J connectivity index is 2.21. The summed E-state index contributed by atoms with van der Waals surface area (Å²) >= 11 is 0.789. The fraction of sp³-hybridized carbons (Fsp3) is 0.294. The van der Waals surface area contributed by atoms with Gasteiger partial charge in [0, 0.05) is 5.69 Å². The number of aromatic nitrogens is 2. The highest BCUT2D eigenvalue weighted by atomic mass is 32.2. The molecule has 0 saturated carbocycles.